The third kappa shape index (κ3) is 3.70. The molecule has 0 aromatic carbocycles. The normalized spacial score (nSPS) is 22.9. The summed E-state index contributed by atoms with van der Waals surface area (Å²) in [5, 5.41) is 0. The molecular weight excluding hydrogens is 292 g/mol. The van der Waals surface area contributed by atoms with Crippen LogP contribution < -0.4 is 0 Å². The minimum Gasteiger partial charge on any atom is -0.465 e. The van der Waals surface area contributed by atoms with Crippen molar-refractivity contribution in [2.75, 3.05) is 13.2 Å². The SMILES string of the molecule is CCOC(=O)C1(C(=O)OCC)C[Si](C)(C)O[Si](C)(C)C1. The highest BCUT2D eigenvalue weighted by Gasteiger charge is 2.60. The lowest BCUT2D eigenvalue weighted by Crippen LogP contribution is -2.60. The number of carbonyl (C=O) groups excluding carboxylic acids is 2. The minimum atomic E-state index is -2.08. The van der Waals surface area contributed by atoms with E-state index in [1.807, 2.05) is 26.2 Å². The number of rotatable bonds is 4. The van der Waals surface area contributed by atoms with Gasteiger partial charge < -0.3 is 13.6 Å². The van der Waals surface area contributed by atoms with Gasteiger partial charge in [-0.1, -0.05) is 0 Å². The van der Waals surface area contributed by atoms with Crippen molar-refractivity contribution < 1.29 is 23.2 Å². The summed E-state index contributed by atoms with van der Waals surface area (Å²) in [7, 11) is -4.17. The smallest absolute Gasteiger partial charge is 0.323 e. The topological polar surface area (TPSA) is 61.8 Å². The molecule has 0 aromatic rings. The molecule has 0 atom stereocenters. The predicted octanol–water partition coefficient (Wildman–Crippen LogP) is 2.54. The summed E-state index contributed by atoms with van der Waals surface area (Å²) in [6, 6.07) is 0.877. The van der Waals surface area contributed by atoms with Crippen LogP contribution in [0.3, 0.4) is 0 Å². The summed E-state index contributed by atoms with van der Waals surface area (Å²) in [5.41, 5.74) is -1.16. The average Bonchev–Trinajstić information content (AvgIpc) is 2.25. The van der Waals surface area contributed by atoms with Gasteiger partial charge in [0.1, 0.15) is 0 Å². The Hall–Kier alpha value is -0.666. The van der Waals surface area contributed by atoms with E-state index in [0.29, 0.717) is 12.1 Å². The van der Waals surface area contributed by atoms with Crippen molar-refractivity contribution in [2.24, 2.45) is 5.41 Å². The van der Waals surface area contributed by atoms with Gasteiger partial charge in [-0.3, -0.25) is 9.59 Å². The molecule has 7 heteroatoms. The fraction of sp³-hybridized carbons (Fsp3) is 0.846. The standard InChI is InChI=1S/C13H26O5Si2/c1-7-16-11(14)13(12(15)17-8-2)9-19(3,4)18-20(5,6)10-13/h7-10H2,1-6H3. The quantitative estimate of drug-likeness (QED) is 0.453. The van der Waals surface area contributed by atoms with Crippen LogP contribution in [0.25, 0.3) is 0 Å². The molecule has 0 aromatic heterocycles. The van der Waals surface area contributed by atoms with E-state index in [4.69, 9.17) is 13.6 Å². The van der Waals surface area contributed by atoms with E-state index in [9.17, 15) is 9.59 Å². The van der Waals surface area contributed by atoms with Crippen molar-refractivity contribution in [3.8, 4) is 0 Å². The van der Waals surface area contributed by atoms with E-state index < -0.39 is 34.0 Å². The highest BCUT2D eigenvalue weighted by molar-refractivity contribution is 6.87. The predicted molar refractivity (Wildman–Crippen MR) is 81.4 cm³/mol. The van der Waals surface area contributed by atoms with Crippen LogP contribution in [0.2, 0.25) is 38.3 Å². The van der Waals surface area contributed by atoms with E-state index in [2.05, 4.69) is 0 Å². The Morgan fingerprint density at radius 2 is 1.30 bits per heavy atom. The molecular formula is C13H26O5Si2. The Kier molecular flexibility index (Phi) is 5.20. The first-order valence-electron chi connectivity index (χ1n) is 7.13. The van der Waals surface area contributed by atoms with Crippen LogP contribution in [-0.4, -0.2) is 41.8 Å². The van der Waals surface area contributed by atoms with Crippen LogP contribution in [0, 0.1) is 5.41 Å². The molecule has 0 spiro atoms. The fourth-order valence-electron chi connectivity index (χ4n) is 3.25. The second-order valence-electron chi connectivity index (χ2n) is 6.50. The third-order valence-corrected chi connectivity index (χ3v) is 10.7. The van der Waals surface area contributed by atoms with E-state index in [1.54, 1.807) is 13.8 Å². The number of hydrogen-bond donors (Lipinski definition) is 0. The molecule has 1 saturated heterocycles. The maximum atomic E-state index is 12.5. The Balaban J connectivity index is 3.22. The first kappa shape index (κ1) is 17.4. The number of carbonyl (C=O) groups is 2. The third-order valence-electron chi connectivity index (χ3n) is 3.34. The maximum absolute atomic E-state index is 12.5. The van der Waals surface area contributed by atoms with Crippen molar-refractivity contribution in [2.45, 2.75) is 52.1 Å². The lowest BCUT2D eigenvalue weighted by atomic mass is 9.93. The number of esters is 2. The molecule has 5 nitrogen and oxygen atoms in total. The van der Waals surface area contributed by atoms with Crippen LogP contribution in [0.1, 0.15) is 13.8 Å². The van der Waals surface area contributed by atoms with Gasteiger partial charge in [0, 0.05) is 0 Å². The van der Waals surface area contributed by atoms with Gasteiger partial charge in [-0.25, -0.2) is 0 Å². The van der Waals surface area contributed by atoms with Crippen molar-refractivity contribution in [1.82, 2.24) is 0 Å². The lowest BCUT2D eigenvalue weighted by molar-refractivity contribution is -0.169. The van der Waals surface area contributed by atoms with Gasteiger partial charge in [0.05, 0.1) is 13.2 Å². The molecule has 116 valence electrons. The number of hydrogen-bond acceptors (Lipinski definition) is 5. The Bertz CT molecular complexity index is 356. The Labute approximate surface area is 123 Å². The monoisotopic (exact) mass is 318 g/mol. The largest absolute Gasteiger partial charge is 0.465 e. The zero-order valence-corrected chi connectivity index (χ0v) is 15.4. The van der Waals surface area contributed by atoms with Crippen LogP contribution in [0.4, 0.5) is 0 Å². The lowest BCUT2D eigenvalue weighted by Gasteiger charge is -2.47. The van der Waals surface area contributed by atoms with E-state index in [1.165, 1.54) is 0 Å². The van der Waals surface area contributed by atoms with Crippen molar-refractivity contribution in [1.29, 1.82) is 0 Å². The van der Waals surface area contributed by atoms with Gasteiger partial charge in [0.2, 0.25) is 0 Å². The highest BCUT2D eigenvalue weighted by Crippen LogP contribution is 2.46. The zero-order valence-electron chi connectivity index (χ0n) is 13.4. The second-order valence-corrected chi connectivity index (χ2v) is 15.1. The van der Waals surface area contributed by atoms with Gasteiger partial charge in [-0.05, 0) is 52.1 Å². The van der Waals surface area contributed by atoms with Crippen LogP contribution in [0.5, 0.6) is 0 Å². The summed E-state index contributed by atoms with van der Waals surface area (Å²) in [6.07, 6.45) is 0. The molecule has 1 aliphatic heterocycles. The molecule has 1 aliphatic rings. The van der Waals surface area contributed by atoms with Gasteiger partial charge in [0.15, 0.2) is 22.0 Å². The molecule has 0 amide bonds. The van der Waals surface area contributed by atoms with Crippen LogP contribution in [-0.2, 0) is 23.2 Å². The van der Waals surface area contributed by atoms with Crippen LogP contribution >= 0.6 is 0 Å². The van der Waals surface area contributed by atoms with Gasteiger partial charge in [-0.2, -0.15) is 0 Å². The summed E-state index contributed by atoms with van der Waals surface area (Å²) >= 11 is 0. The molecule has 0 N–H and O–H groups in total. The van der Waals surface area contributed by atoms with Crippen molar-refractivity contribution in [3.63, 3.8) is 0 Å². The maximum Gasteiger partial charge on any atom is 0.323 e. The summed E-state index contributed by atoms with van der Waals surface area (Å²) in [4.78, 5) is 25.0. The Morgan fingerprint density at radius 3 is 1.60 bits per heavy atom. The first-order valence-corrected chi connectivity index (χ1v) is 13.4. The molecule has 1 fully saturated rings. The van der Waals surface area contributed by atoms with Crippen molar-refractivity contribution >= 4 is 28.6 Å². The second kappa shape index (κ2) is 5.99. The number of ether oxygens (including phenoxy) is 2. The van der Waals surface area contributed by atoms with Gasteiger partial charge >= 0.3 is 11.9 Å². The molecule has 1 heterocycles. The van der Waals surface area contributed by atoms with E-state index in [-0.39, 0.29) is 13.2 Å². The van der Waals surface area contributed by atoms with Crippen molar-refractivity contribution in [3.05, 3.63) is 0 Å². The minimum absolute atomic E-state index is 0.269. The Morgan fingerprint density at radius 1 is 0.950 bits per heavy atom. The van der Waals surface area contributed by atoms with E-state index in [0.717, 1.165) is 0 Å². The zero-order chi connectivity index (χ0) is 15.6. The molecule has 0 radical (unpaired) electrons. The molecule has 1 rings (SSSR count). The molecule has 0 bridgehead atoms. The summed E-state index contributed by atoms with van der Waals surface area (Å²) < 4.78 is 16.6. The van der Waals surface area contributed by atoms with Crippen LogP contribution in [0.15, 0.2) is 0 Å². The van der Waals surface area contributed by atoms with Gasteiger partial charge in [-0.15, -0.1) is 0 Å². The summed E-state index contributed by atoms with van der Waals surface area (Å²) in [6.45, 7) is 12.2. The van der Waals surface area contributed by atoms with E-state index >= 15 is 0 Å². The average molecular weight is 319 g/mol. The highest BCUT2D eigenvalue weighted by atomic mass is 28.4. The molecule has 0 unspecified atom stereocenters. The summed E-state index contributed by atoms with van der Waals surface area (Å²) in [5.74, 6) is -0.884. The molecule has 0 aliphatic carbocycles. The van der Waals surface area contributed by atoms with Gasteiger partial charge in [0.25, 0.3) is 0 Å². The first-order chi connectivity index (χ1) is 9.08. The fourth-order valence-corrected chi connectivity index (χ4v) is 13.8. The molecule has 20 heavy (non-hydrogen) atoms. The molecule has 0 saturated carbocycles.